The molecule has 0 saturated carbocycles. The zero-order chi connectivity index (χ0) is 29.4. The molecule has 0 bridgehead atoms. The van der Waals surface area contributed by atoms with Crippen LogP contribution < -0.4 is 0 Å². The molecule has 1 radical (unpaired) electrons. The smallest absolute Gasteiger partial charge is 0.0280 e. The molecular weight excluding hydrogens is 619 g/mol. The van der Waals surface area contributed by atoms with E-state index >= 15 is 0 Å². The normalized spacial score (nSPS) is 15.6. The summed E-state index contributed by atoms with van der Waals surface area (Å²) in [5.41, 5.74) is 7.46. The fourth-order valence-electron chi connectivity index (χ4n) is 4.40. The second-order valence-electron chi connectivity index (χ2n) is 8.81. The van der Waals surface area contributed by atoms with Gasteiger partial charge in [0.25, 0.3) is 0 Å². The van der Waals surface area contributed by atoms with Gasteiger partial charge in [0, 0.05) is 51.7 Å². The van der Waals surface area contributed by atoms with E-state index in [0.29, 0.717) is 11.3 Å². The second-order valence-corrected chi connectivity index (χ2v) is 8.81. The molecule has 4 heteroatoms. The Hall–Kier alpha value is -3.46. The Labute approximate surface area is 235 Å². The van der Waals surface area contributed by atoms with Crippen molar-refractivity contribution in [2.75, 3.05) is 0 Å². The van der Waals surface area contributed by atoms with Crippen molar-refractivity contribution in [3.05, 3.63) is 126 Å². The monoisotopic (exact) mass is 652 g/mol. The number of rotatable bonds is 2. The molecule has 0 aliphatic heterocycles. The van der Waals surface area contributed by atoms with Crippen molar-refractivity contribution >= 4 is 0 Å². The number of fused-ring (bicyclic) bond motifs is 3. The quantitative estimate of drug-likeness (QED) is 0.187. The molecule has 0 amide bonds. The van der Waals surface area contributed by atoms with Gasteiger partial charge in [0.2, 0.25) is 0 Å². The summed E-state index contributed by atoms with van der Waals surface area (Å²) >= 11 is 0. The van der Waals surface area contributed by atoms with Crippen LogP contribution in [0.1, 0.15) is 44.5 Å². The number of aromatic nitrogens is 3. The number of aryl methyl sites for hydroxylation is 2. The van der Waals surface area contributed by atoms with Gasteiger partial charge in [-0.15, -0.1) is 53.6 Å². The van der Waals surface area contributed by atoms with E-state index in [-0.39, 0.29) is 36.8 Å². The third-order valence-electron chi connectivity index (χ3n) is 6.22. The zero-order valence-corrected chi connectivity index (χ0v) is 22.2. The van der Waals surface area contributed by atoms with Crippen LogP contribution >= 0.6 is 0 Å². The molecule has 2 aromatic carbocycles. The summed E-state index contributed by atoms with van der Waals surface area (Å²) in [7, 11) is 0. The maximum Gasteiger partial charge on any atom is 0.0280 e. The molecule has 0 unspecified atom stereocenters. The van der Waals surface area contributed by atoms with E-state index < -0.39 is 13.7 Å². The van der Waals surface area contributed by atoms with Crippen molar-refractivity contribution in [2.45, 2.75) is 33.0 Å². The van der Waals surface area contributed by atoms with E-state index in [0.717, 1.165) is 22.4 Å². The standard InChI is InChI=1S/C20H17N2.C12H10N.Ir/c1-13-14(8-6-10-21-13)19-11-18-16(12-22-19)15-7-4-5-9-17(15)20(18,2)3;1-10-7-8-12(13-9-10)11-5-3-2-4-6-11;/h4-7,9-12H,1-3H3;2-5,7-9H,1H3;/q2*-1;/i2*1D3;. The average Bonchev–Trinajstić information content (AvgIpc) is 3.19. The van der Waals surface area contributed by atoms with Gasteiger partial charge in [-0.25, -0.2) is 0 Å². The number of pyridine rings is 3. The molecule has 6 rings (SSSR count). The van der Waals surface area contributed by atoms with Gasteiger partial charge in [-0.2, -0.15) is 0 Å². The van der Waals surface area contributed by atoms with Crippen LogP contribution in [0.3, 0.4) is 0 Å². The number of benzene rings is 2. The Kier molecular flexibility index (Phi) is 5.55. The largest absolute Gasteiger partial charge is 0.357 e. The van der Waals surface area contributed by atoms with Crippen molar-refractivity contribution in [1.82, 2.24) is 15.0 Å². The molecule has 0 spiro atoms. The van der Waals surface area contributed by atoms with E-state index in [9.17, 15) is 0 Å². The summed E-state index contributed by atoms with van der Waals surface area (Å²) in [6.07, 6.45) is 4.68. The predicted molar refractivity (Wildman–Crippen MR) is 142 cm³/mol. The summed E-state index contributed by atoms with van der Waals surface area (Å²) in [6.45, 7) is -0.0314. The maximum absolute atomic E-state index is 7.72. The van der Waals surface area contributed by atoms with Crippen LogP contribution in [0, 0.1) is 25.8 Å². The minimum absolute atomic E-state index is 0. The van der Waals surface area contributed by atoms with Crippen molar-refractivity contribution in [1.29, 1.82) is 0 Å². The molecule has 3 heterocycles. The topological polar surface area (TPSA) is 38.7 Å². The Bertz CT molecular complexity index is 1680. The van der Waals surface area contributed by atoms with E-state index in [4.69, 9.17) is 8.22 Å². The Balaban J connectivity index is 0.000000207. The van der Waals surface area contributed by atoms with Crippen LogP contribution in [0.15, 0.2) is 91.4 Å². The molecule has 0 N–H and O–H groups in total. The van der Waals surface area contributed by atoms with Crippen molar-refractivity contribution in [2.24, 2.45) is 0 Å². The van der Waals surface area contributed by atoms with Crippen LogP contribution in [0.5, 0.6) is 0 Å². The first-order valence-corrected chi connectivity index (χ1v) is 11.3. The predicted octanol–water partition coefficient (Wildman–Crippen LogP) is 7.41. The van der Waals surface area contributed by atoms with E-state index in [2.05, 4.69) is 53.1 Å². The SMILES string of the molecule is [2H]C([2H])([2H])c1ccc(-c2[c-]cccc2)nc1.[2H]C([2H])([2H])c1ncc[c-]c1-c1cc2c(cn1)-c1ccccc1C2(C)C.[Ir]. The average molecular weight is 652 g/mol. The Morgan fingerprint density at radius 1 is 0.750 bits per heavy atom. The molecule has 36 heavy (non-hydrogen) atoms. The molecule has 0 atom stereocenters. The molecule has 1 aliphatic rings. The summed E-state index contributed by atoms with van der Waals surface area (Å²) in [6, 6.07) is 28.7. The molecule has 5 aromatic rings. The molecular formula is C32H27IrN3-2. The fourth-order valence-corrected chi connectivity index (χ4v) is 4.40. The fraction of sp³-hybridized carbons (Fsp3) is 0.156. The van der Waals surface area contributed by atoms with Gasteiger partial charge in [0.05, 0.1) is 0 Å². The van der Waals surface area contributed by atoms with Crippen LogP contribution in [0.4, 0.5) is 0 Å². The van der Waals surface area contributed by atoms with Gasteiger partial charge in [0.1, 0.15) is 0 Å². The van der Waals surface area contributed by atoms with Gasteiger partial charge in [-0.05, 0) is 46.2 Å². The van der Waals surface area contributed by atoms with Gasteiger partial charge < -0.3 is 15.0 Å². The third-order valence-corrected chi connectivity index (χ3v) is 6.22. The van der Waals surface area contributed by atoms with Crippen LogP contribution in [0.2, 0.25) is 0 Å². The van der Waals surface area contributed by atoms with Gasteiger partial charge >= 0.3 is 0 Å². The third kappa shape index (κ3) is 4.93. The van der Waals surface area contributed by atoms with E-state index in [1.807, 2.05) is 42.6 Å². The molecule has 1 aliphatic carbocycles. The summed E-state index contributed by atoms with van der Waals surface area (Å²) in [5, 5.41) is 0. The first-order valence-electron chi connectivity index (χ1n) is 14.3. The van der Waals surface area contributed by atoms with Crippen molar-refractivity contribution < 1.29 is 28.3 Å². The van der Waals surface area contributed by atoms with Crippen molar-refractivity contribution in [3.8, 4) is 33.6 Å². The first-order chi connectivity index (χ1) is 19.4. The zero-order valence-electron chi connectivity index (χ0n) is 25.8. The molecule has 3 aromatic heterocycles. The van der Waals surface area contributed by atoms with Gasteiger partial charge in [-0.3, -0.25) is 0 Å². The van der Waals surface area contributed by atoms with Crippen molar-refractivity contribution in [3.63, 3.8) is 0 Å². The molecule has 3 nitrogen and oxygen atoms in total. The van der Waals surface area contributed by atoms with Crippen LogP contribution in [-0.4, -0.2) is 15.0 Å². The van der Waals surface area contributed by atoms with Gasteiger partial charge in [0.15, 0.2) is 0 Å². The minimum atomic E-state index is -2.30. The van der Waals surface area contributed by atoms with E-state index in [1.165, 1.54) is 23.5 Å². The number of hydrogen-bond donors (Lipinski definition) is 0. The molecule has 0 saturated heterocycles. The van der Waals surface area contributed by atoms with E-state index in [1.54, 1.807) is 24.3 Å². The number of hydrogen-bond acceptors (Lipinski definition) is 3. The second kappa shape index (κ2) is 10.7. The van der Waals surface area contributed by atoms with Crippen LogP contribution in [-0.2, 0) is 25.5 Å². The van der Waals surface area contributed by atoms with Crippen LogP contribution in [0.25, 0.3) is 33.6 Å². The number of nitrogens with zero attached hydrogens (tertiary/aromatic N) is 3. The maximum atomic E-state index is 7.72. The molecule has 181 valence electrons. The summed E-state index contributed by atoms with van der Waals surface area (Å²) < 4.78 is 44.9. The summed E-state index contributed by atoms with van der Waals surface area (Å²) in [5.74, 6) is 0. The van der Waals surface area contributed by atoms with Gasteiger partial charge in [-0.1, -0.05) is 69.4 Å². The molecule has 0 fully saturated rings. The summed E-state index contributed by atoms with van der Waals surface area (Å²) in [4.78, 5) is 12.7. The Morgan fingerprint density at radius 3 is 2.33 bits per heavy atom. The minimum Gasteiger partial charge on any atom is -0.357 e. The Morgan fingerprint density at radius 2 is 1.58 bits per heavy atom. The first kappa shape index (κ1) is 18.8.